The van der Waals surface area contributed by atoms with Gasteiger partial charge in [0, 0.05) is 79.3 Å². The molecule has 3 aromatic heterocycles. The number of hydrogen-bond acceptors (Lipinski definition) is 3. The van der Waals surface area contributed by atoms with Gasteiger partial charge in [-0.3, -0.25) is 9.69 Å². The summed E-state index contributed by atoms with van der Waals surface area (Å²) in [5.74, 6) is 0.257. The molecule has 1 unspecified atom stereocenters. The smallest absolute Gasteiger partial charge is 0.222 e. The maximum absolute atomic E-state index is 12.1. The fourth-order valence-corrected chi connectivity index (χ4v) is 5.43. The average Bonchev–Trinajstić information content (AvgIpc) is 3.55. The molecule has 1 amide bonds. The molecule has 2 aromatic carbocycles. The van der Waals surface area contributed by atoms with Crippen molar-refractivity contribution in [3.63, 3.8) is 0 Å². The molecule has 1 atom stereocenters. The number of H-pyrrole nitrogens is 2. The molecule has 2 N–H and O–H groups in total. The molecule has 182 valence electrons. The molecule has 5 aromatic rings. The van der Waals surface area contributed by atoms with E-state index in [0.29, 0.717) is 6.42 Å². The summed E-state index contributed by atoms with van der Waals surface area (Å²) in [4.78, 5) is 27.9. The highest BCUT2D eigenvalue weighted by Crippen LogP contribution is 2.32. The van der Waals surface area contributed by atoms with Gasteiger partial charge in [-0.1, -0.05) is 37.3 Å². The standard InChI is InChI=1S/C30H31N5O/c1-3-29(36)35-13-12-34(18-20(35)2)19-21-4-6-22(7-5-21)25-15-26-27(17-33-30(26)32-16-25)23-8-9-28-24(14-23)10-11-31-28/h4-11,14-17,20,31H,3,12-13,18-19H2,1-2H3,(H,32,33). The number of amides is 1. The van der Waals surface area contributed by atoms with Crippen LogP contribution < -0.4 is 0 Å². The third kappa shape index (κ3) is 4.18. The largest absolute Gasteiger partial charge is 0.361 e. The van der Waals surface area contributed by atoms with Crippen molar-refractivity contribution in [3.8, 4) is 22.3 Å². The number of nitrogens with zero attached hydrogens (tertiary/aromatic N) is 3. The lowest BCUT2D eigenvalue weighted by Gasteiger charge is -2.40. The van der Waals surface area contributed by atoms with E-state index in [9.17, 15) is 4.79 Å². The van der Waals surface area contributed by atoms with Crippen LogP contribution in [-0.2, 0) is 11.3 Å². The van der Waals surface area contributed by atoms with Crippen LogP contribution >= 0.6 is 0 Å². The Balaban J connectivity index is 1.20. The fourth-order valence-electron chi connectivity index (χ4n) is 5.43. The van der Waals surface area contributed by atoms with Gasteiger partial charge in [-0.25, -0.2) is 4.98 Å². The Hall–Kier alpha value is -3.90. The van der Waals surface area contributed by atoms with Crippen LogP contribution in [0.2, 0.25) is 0 Å². The zero-order valence-corrected chi connectivity index (χ0v) is 20.8. The predicted molar refractivity (Wildman–Crippen MR) is 146 cm³/mol. The summed E-state index contributed by atoms with van der Waals surface area (Å²) in [5.41, 5.74) is 7.94. The third-order valence-corrected chi connectivity index (χ3v) is 7.42. The summed E-state index contributed by atoms with van der Waals surface area (Å²) in [6, 6.07) is 19.9. The van der Waals surface area contributed by atoms with Gasteiger partial charge < -0.3 is 14.9 Å². The van der Waals surface area contributed by atoms with Gasteiger partial charge in [-0.05, 0) is 53.3 Å². The third-order valence-electron chi connectivity index (χ3n) is 7.42. The molecule has 0 spiro atoms. The van der Waals surface area contributed by atoms with E-state index in [1.165, 1.54) is 16.5 Å². The van der Waals surface area contributed by atoms with Crippen LogP contribution in [-0.4, -0.2) is 56.3 Å². The zero-order chi connectivity index (χ0) is 24.6. The van der Waals surface area contributed by atoms with Gasteiger partial charge in [0.2, 0.25) is 5.91 Å². The van der Waals surface area contributed by atoms with E-state index in [-0.39, 0.29) is 11.9 Å². The number of pyridine rings is 1. The van der Waals surface area contributed by atoms with E-state index >= 15 is 0 Å². The first kappa shape index (κ1) is 22.6. The van der Waals surface area contributed by atoms with E-state index < -0.39 is 0 Å². The van der Waals surface area contributed by atoms with Crippen LogP contribution in [0.25, 0.3) is 44.2 Å². The molecule has 0 radical (unpaired) electrons. The van der Waals surface area contributed by atoms with Crippen LogP contribution in [0.15, 0.2) is 73.2 Å². The van der Waals surface area contributed by atoms with Crippen LogP contribution in [0.3, 0.4) is 0 Å². The minimum Gasteiger partial charge on any atom is -0.361 e. The highest BCUT2D eigenvalue weighted by molar-refractivity contribution is 5.98. The zero-order valence-electron chi connectivity index (χ0n) is 20.8. The highest BCUT2D eigenvalue weighted by atomic mass is 16.2. The molecule has 1 fully saturated rings. The minimum atomic E-state index is 0.257. The molecule has 4 heterocycles. The van der Waals surface area contributed by atoms with Crippen LogP contribution in [0.5, 0.6) is 0 Å². The lowest BCUT2D eigenvalue weighted by atomic mass is 10.0. The number of aromatic nitrogens is 3. The lowest BCUT2D eigenvalue weighted by Crippen LogP contribution is -2.53. The molecule has 36 heavy (non-hydrogen) atoms. The monoisotopic (exact) mass is 477 g/mol. The molecule has 0 saturated carbocycles. The van der Waals surface area contributed by atoms with Gasteiger partial charge >= 0.3 is 0 Å². The first-order valence-electron chi connectivity index (χ1n) is 12.7. The Morgan fingerprint density at radius 1 is 1.00 bits per heavy atom. The normalized spacial score (nSPS) is 16.7. The second-order valence-corrected chi connectivity index (χ2v) is 9.82. The number of carbonyl (C=O) groups excluding carboxylic acids is 1. The van der Waals surface area contributed by atoms with Gasteiger partial charge in [-0.15, -0.1) is 0 Å². The van der Waals surface area contributed by atoms with Crippen molar-refractivity contribution in [1.29, 1.82) is 0 Å². The average molecular weight is 478 g/mol. The number of hydrogen-bond donors (Lipinski definition) is 2. The molecular formula is C30H31N5O. The summed E-state index contributed by atoms with van der Waals surface area (Å²) in [6.45, 7) is 7.64. The summed E-state index contributed by atoms with van der Waals surface area (Å²) < 4.78 is 0. The molecule has 6 rings (SSSR count). The number of carbonyl (C=O) groups is 1. The van der Waals surface area contributed by atoms with Gasteiger partial charge in [0.15, 0.2) is 0 Å². The summed E-state index contributed by atoms with van der Waals surface area (Å²) in [7, 11) is 0. The topological polar surface area (TPSA) is 68.0 Å². The van der Waals surface area contributed by atoms with Crippen molar-refractivity contribution in [2.75, 3.05) is 19.6 Å². The van der Waals surface area contributed by atoms with Crippen molar-refractivity contribution in [1.82, 2.24) is 24.8 Å². The minimum absolute atomic E-state index is 0.257. The number of benzene rings is 2. The van der Waals surface area contributed by atoms with Crippen molar-refractivity contribution < 1.29 is 4.79 Å². The first-order chi connectivity index (χ1) is 17.6. The Morgan fingerprint density at radius 2 is 1.83 bits per heavy atom. The number of aromatic amines is 2. The predicted octanol–water partition coefficient (Wildman–Crippen LogP) is 5.82. The summed E-state index contributed by atoms with van der Waals surface area (Å²) >= 11 is 0. The lowest BCUT2D eigenvalue weighted by molar-refractivity contribution is -0.135. The molecule has 0 aliphatic carbocycles. The van der Waals surface area contributed by atoms with E-state index in [4.69, 9.17) is 4.98 Å². The Bertz CT molecular complexity index is 1530. The van der Waals surface area contributed by atoms with E-state index in [0.717, 1.165) is 59.4 Å². The molecular weight excluding hydrogens is 446 g/mol. The van der Waals surface area contributed by atoms with Gasteiger partial charge in [0.1, 0.15) is 5.65 Å². The maximum atomic E-state index is 12.1. The summed E-state index contributed by atoms with van der Waals surface area (Å²) in [6.07, 6.45) is 6.55. The fraction of sp³-hybridized carbons (Fsp3) is 0.267. The molecule has 1 aliphatic heterocycles. The quantitative estimate of drug-likeness (QED) is 0.335. The Kier molecular flexibility index (Phi) is 5.82. The number of piperazine rings is 1. The number of rotatable bonds is 5. The molecule has 0 bridgehead atoms. The van der Waals surface area contributed by atoms with Crippen molar-refractivity contribution in [2.24, 2.45) is 0 Å². The van der Waals surface area contributed by atoms with Crippen LogP contribution in [0.4, 0.5) is 0 Å². The molecule has 1 aliphatic rings. The SMILES string of the molecule is CCC(=O)N1CCN(Cc2ccc(-c3cnc4[nH]cc(-c5ccc6[nH]ccc6c5)c4c3)cc2)CC1C. The second-order valence-electron chi connectivity index (χ2n) is 9.82. The van der Waals surface area contributed by atoms with Gasteiger partial charge in [0.25, 0.3) is 0 Å². The maximum Gasteiger partial charge on any atom is 0.222 e. The van der Waals surface area contributed by atoms with Crippen molar-refractivity contribution >= 4 is 27.8 Å². The van der Waals surface area contributed by atoms with Crippen LogP contribution in [0.1, 0.15) is 25.8 Å². The first-order valence-corrected chi connectivity index (χ1v) is 12.7. The van der Waals surface area contributed by atoms with E-state index in [1.54, 1.807) is 0 Å². The number of fused-ring (bicyclic) bond motifs is 2. The number of nitrogens with one attached hydrogen (secondary N) is 2. The van der Waals surface area contributed by atoms with E-state index in [2.05, 4.69) is 76.4 Å². The Labute approximate surface area is 211 Å². The van der Waals surface area contributed by atoms with Gasteiger partial charge in [0.05, 0.1) is 0 Å². The van der Waals surface area contributed by atoms with Crippen molar-refractivity contribution in [3.05, 3.63) is 78.8 Å². The van der Waals surface area contributed by atoms with Crippen molar-refractivity contribution in [2.45, 2.75) is 32.9 Å². The highest BCUT2D eigenvalue weighted by Gasteiger charge is 2.26. The molecule has 6 heteroatoms. The van der Waals surface area contributed by atoms with E-state index in [1.807, 2.05) is 30.4 Å². The molecule has 1 saturated heterocycles. The Morgan fingerprint density at radius 3 is 2.64 bits per heavy atom. The van der Waals surface area contributed by atoms with Gasteiger partial charge in [-0.2, -0.15) is 0 Å². The second kappa shape index (κ2) is 9.28. The van der Waals surface area contributed by atoms with Crippen LogP contribution in [0, 0.1) is 0 Å². The summed E-state index contributed by atoms with van der Waals surface area (Å²) in [5, 5.41) is 2.33. The molecule has 6 nitrogen and oxygen atoms in total.